The molecule has 1 aliphatic rings. The molecule has 0 bridgehead atoms. The molecule has 3 aromatic heterocycles. The number of rotatable bonds is 2. The van der Waals surface area contributed by atoms with Gasteiger partial charge in [-0.3, -0.25) is 4.40 Å². The van der Waals surface area contributed by atoms with Crippen LogP contribution in [0.25, 0.3) is 17.2 Å². The smallest absolute Gasteiger partial charge is 0.355 e. The maximum absolute atomic E-state index is 13.0. The Balaban J connectivity index is 1.73. The van der Waals surface area contributed by atoms with Gasteiger partial charge in [0, 0.05) is 25.5 Å². The van der Waals surface area contributed by atoms with Crippen LogP contribution < -0.4 is 4.90 Å². The number of hydrogen-bond donors (Lipinski definition) is 0. The number of anilines is 1. The average Bonchev–Trinajstić information content (AvgIpc) is 3.11. The second-order valence-electron chi connectivity index (χ2n) is 6.29. The van der Waals surface area contributed by atoms with Gasteiger partial charge in [0.25, 0.3) is 0 Å². The van der Waals surface area contributed by atoms with Gasteiger partial charge in [-0.15, -0.1) is 0 Å². The first-order chi connectivity index (χ1) is 13.0. The molecule has 7 nitrogen and oxygen atoms in total. The first kappa shape index (κ1) is 17.2. The molecule has 27 heavy (non-hydrogen) atoms. The van der Waals surface area contributed by atoms with Gasteiger partial charge in [0.05, 0.1) is 24.4 Å². The fourth-order valence-electron chi connectivity index (χ4n) is 3.14. The lowest BCUT2D eigenvalue weighted by molar-refractivity contribution is -0.141. The van der Waals surface area contributed by atoms with Crippen LogP contribution in [0.15, 0.2) is 30.9 Å². The molecule has 0 aromatic carbocycles. The van der Waals surface area contributed by atoms with E-state index in [4.69, 9.17) is 5.26 Å². The van der Waals surface area contributed by atoms with Gasteiger partial charge in [0.2, 0.25) is 0 Å². The molecule has 0 amide bonds. The number of halogens is 3. The lowest BCUT2D eigenvalue weighted by Gasteiger charge is -2.30. The highest BCUT2D eigenvalue weighted by molar-refractivity contribution is 5.58. The first-order valence-corrected chi connectivity index (χ1v) is 8.34. The minimum atomic E-state index is -4.56. The van der Waals surface area contributed by atoms with Crippen molar-refractivity contribution in [2.24, 2.45) is 5.92 Å². The summed E-state index contributed by atoms with van der Waals surface area (Å²) in [6, 6.07) is 4.01. The molecule has 1 fully saturated rings. The number of imidazole rings is 1. The highest BCUT2D eigenvalue weighted by Crippen LogP contribution is 2.29. The summed E-state index contributed by atoms with van der Waals surface area (Å²) in [5.41, 5.74) is -0.401. The summed E-state index contributed by atoms with van der Waals surface area (Å²) in [6.45, 7) is 1.34. The van der Waals surface area contributed by atoms with Crippen molar-refractivity contribution in [3.8, 4) is 17.6 Å². The van der Waals surface area contributed by atoms with Crippen LogP contribution in [0, 0.1) is 17.2 Å². The third kappa shape index (κ3) is 3.28. The lowest BCUT2D eigenvalue weighted by atomic mass is 10.00. The summed E-state index contributed by atoms with van der Waals surface area (Å²) in [6.07, 6.45) is 2.11. The quantitative estimate of drug-likeness (QED) is 0.687. The van der Waals surface area contributed by atoms with Crippen molar-refractivity contribution < 1.29 is 13.2 Å². The predicted molar refractivity (Wildman–Crippen MR) is 89.6 cm³/mol. The Bertz CT molecular complexity index is 1020. The number of piperidine rings is 1. The van der Waals surface area contributed by atoms with Crippen molar-refractivity contribution in [3.63, 3.8) is 0 Å². The highest BCUT2D eigenvalue weighted by Gasteiger charge is 2.33. The van der Waals surface area contributed by atoms with E-state index in [-0.39, 0.29) is 17.4 Å². The van der Waals surface area contributed by atoms with E-state index >= 15 is 0 Å². The summed E-state index contributed by atoms with van der Waals surface area (Å²) in [5, 5.41) is 9.15. The normalized spacial score (nSPS) is 17.9. The van der Waals surface area contributed by atoms with E-state index in [1.807, 2.05) is 4.90 Å². The molecule has 1 aliphatic heterocycles. The Morgan fingerprint density at radius 3 is 2.81 bits per heavy atom. The van der Waals surface area contributed by atoms with Gasteiger partial charge in [-0.25, -0.2) is 19.9 Å². The van der Waals surface area contributed by atoms with Crippen LogP contribution >= 0.6 is 0 Å². The maximum atomic E-state index is 13.0. The van der Waals surface area contributed by atoms with Crippen LogP contribution in [0.2, 0.25) is 0 Å². The molecule has 0 N–H and O–H groups in total. The predicted octanol–water partition coefficient (Wildman–Crippen LogP) is 2.95. The highest BCUT2D eigenvalue weighted by atomic mass is 19.4. The van der Waals surface area contributed by atoms with Crippen LogP contribution in [0.5, 0.6) is 0 Å². The van der Waals surface area contributed by atoms with Crippen molar-refractivity contribution in [2.45, 2.75) is 19.0 Å². The molecular weight excluding hydrogens is 359 g/mol. The Hall–Kier alpha value is -3.22. The molecule has 0 radical (unpaired) electrons. The van der Waals surface area contributed by atoms with Crippen molar-refractivity contribution in [1.82, 2.24) is 24.3 Å². The second-order valence-corrected chi connectivity index (χ2v) is 6.29. The van der Waals surface area contributed by atoms with Crippen molar-refractivity contribution in [1.29, 1.82) is 5.26 Å². The van der Waals surface area contributed by atoms with Crippen LogP contribution in [-0.2, 0) is 6.18 Å². The number of hydrogen-bond acceptors (Lipinski definition) is 6. The van der Waals surface area contributed by atoms with E-state index in [1.54, 1.807) is 12.3 Å². The average molecular weight is 373 g/mol. The van der Waals surface area contributed by atoms with Crippen LogP contribution in [0.3, 0.4) is 0 Å². The van der Waals surface area contributed by atoms with Crippen molar-refractivity contribution >= 4 is 11.5 Å². The molecule has 10 heteroatoms. The Labute approximate surface area is 152 Å². The molecule has 1 saturated heterocycles. The molecule has 1 unspecified atom stereocenters. The van der Waals surface area contributed by atoms with Gasteiger partial charge in [-0.1, -0.05) is 0 Å². The zero-order chi connectivity index (χ0) is 19.0. The maximum Gasteiger partial charge on any atom is 0.434 e. The van der Waals surface area contributed by atoms with Crippen LogP contribution in [0.4, 0.5) is 19.0 Å². The molecule has 3 aromatic rings. The molecule has 4 heterocycles. The van der Waals surface area contributed by atoms with E-state index in [0.717, 1.165) is 31.8 Å². The molecule has 0 aliphatic carbocycles. The third-order valence-electron chi connectivity index (χ3n) is 4.48. The van der Waals surface area contributed by atoms with Crippen molar-refractivity contribution in [3.05, 3.63) is 36.5 Å². The van der Waals surface area contributed by atoms with E-state index in [2.05, 4.69) is 26.0 Å². The summed E-state index contributed by atoms with van der Waals surface area (Å²) in [4.78, 5) is 18.2. The van der Waals surface area contributed by atoms with E-state index in [0.29, 0.717) is 18.1 Å². The fourth-order valence-corrected chi connectivity index (χ4v) is 3.14. The van der Waals surface area contributed by atoms with Gasteiger partial charge < -0.3 is 4.90 Å². The summed E-state index contributed by atoms with van der Waals surface area (Å²) < 4.78 is 40.2. The van der Waals surface area contributed by atoms with Crippen LogP contribution in [-0.4, -0.2) is 37.4 Å². The summed E-state index contributed by atoms with van der Waals surface area (Å²) >= 11 is 0. The van der Waals surface area contributed by atoms with E-state index in [1.165, 1.54) is 10.6 Å². The van der Waals surface area contributed by atoms with E-state index in [9.17, 15) is 13.2 Å². The van der Waals surface area contributed by atoms with Gasteiger partial charge in [0.1, 0.15) is 11.5 Å². The van der Waals surface area contributed by atoms with Gasteiger partial charge in [-0.05, 0) is 18.9 Å². The monoisotopic (exact) mass is 373 g/mol. The molecule has 1 atom stereocenters. The zero-order valence-electron chi connectivity index (χ0n) is 14.1. The Morgan fingerprint density at radius 1 is 1.19 bits per heavy atom. The second kappa shape index (κ2) is 6.50. The van der Waals surface area contributed by atoms with Gasteiger partial charge in [-0.2, -0.15) is 18.4 Å². The minimum absolute atomic E-state index is 0.0617. The first-order valence-electron chi connectivity index (χ1n) is 8.34. The topological polar surface area (TPSA) is 83.0 Å². The number of fused-ring (bicyclic) bond motifs is 1. The Kier molecular flexibility index (Phi) is 4.14. The third-order valence-corrected chi connectivity index (χ3v) is 4.48. The number of nitriles is 1. The summed E-state index contributed by atoms with van der Waals surface area (Å²) in [5.74, 6) is 0.840. The van der Waals surface area contributed by atoms with Gasteiger partial charge >= 0.3 is 6.18 Å². The fraction of sp³-hybridized carbons (Fsp3) is 0.353. The molecule has 4 rings (SSSR count). The number of aromatic nitrogens is 5. The number of nitrogens with zero attached hydrogens (tertiary/aromatic N) is 7. The van der Waals surface area contributed by atoms with Crippen LogP contribution in [0.1, 0.15) is 18.5 Å². The molecule has 138 valence electrons. The lowest BCUT2D eigenvalue weighted by Crippen LogP contribution is -2.35. The molecular formula is C17H14F3N7. The minimum Gasteiger partial charge on any atom is -0.355 e. The number of alkyl halides is 3. The standard InChI is InChI=1S/C17H14F3N7/c18-17(19,20)13-10-27-12(7-24-15(27)8-23-13)16-22-4-3-14(25-16)26-5-1-2-11(6-21)9-26/h3-4,7-8,10-11H,1-2,5,9H2. The van der Waals surface area contributed by atoms with Gasteiger partial charge in [0.15, 0.2) is 17.2 Å². The molecule has 0 saturated carbocycles. The Morgan fingerprint density at radius 2 is 2.04 bits per heavy atom. The molecule has 0 spiro atoms. The van der Waals surface area contributed by atoms with E-state index < -0.39 is 11.9 Å². The zero-order valence-corrected chi connectivity index (χ0v) is 14.1. The summed E-state index contributed by atoms with van der Waals surface area (Å²) in [7, 11) is 0. The van der Waals surface area contributed by atoms with Crippen molar-refractivity contribution in [2.75, 3.05) is 18.0 Å². The SMILES string of the molecule is N#CC1CCCN(c2ccnc(-c3cnc4cnc(C(F)(F)F)cn34)n2)C1. The largest absolute Gasteiger partial charge is 0.434 e.